The van der Waals surface area contributed by atoms with E-state index in [2.05, 4.69) is 0 Å². The van der Waals surface area contributed by atoms with Gasteiger partial charge < -0.3 is 5.11 Å². The second-order valence-electron chi connectivity index (χ2n) is 4.81. The third-order valence-electron chi connectivity index (χ3n) is 2.88. The highest BCUT2D eigenvalue weighted by Crippen LogP contribution is 2.37. The molecule has 0 aromatic heterocycles. The Morgan fingerprint density at radius 2 is 1.57 bits per heavy atom. The Bertz CT molecular complexity index is 516. The molecular weight excluding hydrogens is 342 g/mol. The summed E-state index contributed by atoms with van der Waals surface area (Å²) in [7, 11) is 0. The molecule has 0 radical (unpaired) electrons. The molecule has 1 nitrogen and oxygen atoms in total. The van der Waals surface area contributed by atoms with Crippen LogP contribution in [0.5, 0.6) is 0 Å². The van der Waals surface area contributed by atoms with E-state index in [1.807, 2.05) is 6.92 Å². The molecule has 0 unspecified atom stereocenters. The molecule has 0 fully saturated rings. The summed E-state index contributed by atoms with van der Waals surface area (Å²) in [5, 5.41) is 9.21. The van der Waals surface area contributed by atoms with Crippen molar-refractivity contribution in [1.82, 2.24) is 0 Å². The average Bonchev–Trinajstić information content (AvgIpc) is 2.44. The largest absolute Gasteiger partial charge is 0.416 e. The molecule has 130 valence electrons. The Labute approximate surface area is 134 Å². The summed E-state index contributed by atoms with van der Waals surface area (Å²) in [6, 6.07) is 1.37. The number of unbranched alkanes of at least 4 members (excludes halogenated alkanes) is 1. The molecule has 1 aromatic carbocycles. The monoisotopic (exact) mass is 358 g/mol. The molecule has 0 amide bonds. The van der Waals surface area contributed by atoms with Crippen LogP contribution in [0.3, 0.4) is 0 Å². The van der Waals surface area contributed by atoms with E-state index in [-0.39, 0.29) is 11.6 Å². The fourth-order valence-corrected chi connectivity index (χ4v) is 2.73. The third kappa shape index (κ3) is 6.47. The van der Waals surface area contributed by atoms with Crippen LogP contribution in [-0.4, -0.2) is 17.5 Å². The SMILES string of the molecule is CCCCS/C(=C\c1cc(C(F)(F)F)cc(C(F)(F)F)c1)CO. The smallest absolute Gasteiger partial charge is 0.391 e. The first kappa shape index (κ1) is 19.9. The van der Waals surface area contributed by atoms with Crippen molar-refractivity contribution in [2.45, 2.75) is 32.1 Å². The van der Waals surface area contributed by atoms with Gasteiger partial charge in [-0.2, -0.15) is 26.3 Å². The van der Waals surface area contributed by atoms with E-state index in [1.54, 1.807) is 0 Å². The average molecular weight is 358 g/mol. The van der Waals surface area contributed by atoms with Crippen molar-refractivity contribution in [1.29, 1.82) is 0 Å². The lowest BCUT2D eigenvalue weighted by molar-refractivity contribution is -0.143. The van der Waals surface area contributed by atoms with Gasteiger partial charge in [-0.1, -0.05) is 13.3 Å². The van der Waals surface area contributed by atoms with Crippen LogP contribution in [0.25, 0.3) is 6.08 Å². The van der Waals surface area contributed by atoms with Gasteiger partial charge in [-0.25, -0.2) is 0 Å². The Hall–Kier alpha value is -1.15. The zero-order valence-corrected chi connectivity index (χ0v) is 13.1. The molecule has 0 saturated heterocycles. The van der Waals surface area contributed by atoms with Gasteiger partial charge in [-0.05, 0) is 42.0 Å². The van der Waals surface area contributed by atoms with Gasteiger partial charge in [0.25, 0.3) is 0 Å². The second-order valence-corrected chi connectivity index (χ2v) is 6.03. The number of aliphatic hydroxyl groups is 1. The lowest BCUT2D eigenvalue weighted by atomic mass is 10.0. The number of alkyl halides is 6. The van der Waals surface area contributed by atoms with E-state index >= 15 is 0 Å². The van der Waals surface area contributed by atoms with E-state index in [0.29, 0.717) is 22.8 Å². The molecule has 1 rings (SSSR count). The summed E-state index contributed by atoms with van der Waals surface area (Å²) in [4.78, 5) is 0.325. The van der Waals surface area contributed by atoms with Gasteiger partial charge in [0.15, 0.2) is 0 Å². The van der Waals surface area contributed by atoms with E-state index in [9.17, 15) is 31.4 Å². The maximum absolute atomic E-state index is 12.8. The highest BCUT2D eigenvalue weighted by Gasteiger charge is 2.36. The van der Waals surface area contributed by atoms with Crippen LogP contribution in [0, 0.1) is 0 Å². The molecule has 0 aliphatic heterocycles. The first-order chi connectivity index (χ1) is 10.6. The minimum Gasteiger partial charge on any atom is -0.391 e. The zero-order valence-electron chi connectivity index (χ0n) is 12.3. The number of hydrogen-bond acceptors (Lipinski definition) is 2. The summed E-state index contributed by atoms with van der Waals surface area (Å²) in [5.74, 6) is 0.633. The van der Waals surface area contributed by atoms with Gasteiger partial charge in [0.2, 0.25) is 0 Å². The topological polar surface area (TPSA) is 20.2 Å². The van der Waals surface area contributed by atoms with Crippen LogP contribution in [0.1, 0.15) is 36.5 Å². The summed E-state index contributed by atoms with van der Waals surface area (Å²) >= 11 is 1.22. The zero-order chi connectivity index (χ0) is 17.7. The minimum absolute atomic E-state index is 0.0835. The molecule has 0 aliphatic rings. The quantitative estimate of drug-likeness (QED) is 0.528. The van der Waals surface area contributed by atoms with Crippen LogP contribution in [0.15, 0.2) is 23.1 Å². The molecule has 1 aromatic rings. The first-order valence-electron chi connectivity index (χ1n) is 6.81. The maximum Gasteiger partial charge on any atom is 0.416 e. The lowest BCUT2D eigenvalue weighted by Crippen LogP contribution is -2.11. The van der Waals surface area contributed by atoms with E-state index in [0.717, 1.165) is 18.9 Å². The van der Waals surface area contributed by atoms with E-state index < -0.39 is 30.1 Å². The molecule has 0 atom stereocenters. The summed E-state index contributed by atoms with van der Waals surface area (Å²) in [5.41, 5.74) is -2.97. The second kappa shape index (κ2) is 8.10. The number of rotatable bonds is 6. The van der Waals surface area contributed by atoms with Crippen molar-refractivity contribution in [2.75, 3.05) is 12.4 Å². The number of thioether (sulfide) groups is 1. The molecule has 0 spiro atoms. The van der Waals surface area contributed by atoms with Crippen LogP contribution >= 0.6 is 11.8 Å². The van der Waals surface area contributed by atoms with Crippen molar-refractivity contribution >= 4 is 17.8 Å². The van der Waals surface area contributed by atoms with E-state index in [1.165, 1.54) is 11.8 Å². The van der Waals surface area contributed by atoms with E-state index in [4.69, 9.17) is 0 Å². The number of aliphatic hydroxyl groups excluding tert-OH is 1. The first-order valence-corrected chi connectivity index (χ1v) is 7.80. The molecule has 23 heavy (non-hydrogen) atoms. The fourth-order valence-electron chi connectivity index (χ4n) is 1.73. The van der Waals surface area contributed by atoms with Gasteiger partial charge in [0.05, 0.1) is 17.7 Å². The van der Waals surface area contributed by atoms with Gasteiger partial charge >= 0.3 is 12.4 Å². The van der Waals surface area contributed by atoms with Crippen LogP contribution in [0.4, 0.5) is 26.3 Å². The molecule has 0 heterocycles. The highest BCUT2D eigenvalue weighted by molar-refractivity contribution is 8.03. The van der Waals surface area contributed by atoms with Crippen LogP contribution < -0.4 is 0 Å². The molecule has 8 heteroatoms. The molecule has 1 N–H and O–H groups in total. The molecular formula is C15H16F6OS. The predicted molar refractivity (Wildman–Crippen MR) is 78.9 cm³/mol. The highest BCUT2D eigenvalue weighted by atomic mass is 32.2. The van der Waals surface area contributed by atoms with Crippen molar-refractivity contribution in [3.05, 3.63) is 39.8 Å². The summed E-state index contributed by atoms with van der Waals surface area (Å²) in [6.07, 6.45) is -6.87. The van der Waals surface area contributed by atoms with Crippen molar-refractivity contribution in [3.63, 3.8) is 0 Å². The lowest BCUT2D eigenvalue weighted by Gasteiger charge is -2.13. The Kier molecular flexibility index (Phi) is 7.01. The number of halogens is 6. The summed E-state index contributed by atoms with van der Waals surface area (Å²) in [6.45, 7) is 1.51. The van der Waals surface area contributed by atoms with Crippen molar-refractivity contribution in [2.24, 2.45) is 0 Å². The van der Waals surface area contributed by atoms with Crippen molar-refractivity contribution in [3.8, 4) is 0 Å². The van der Waals surface area contributed by atoms with Gasteiger partial charge in [0, 0.05) is 4.91 Å². The Balaban J connectivity index is 3.23. The number of hydrogen-bond donors (Lipinski definition) is 1. The third-order valence-corrected chi connectivity index (χ3v) is 3.99. The predicted octanol–water partition coefficient (Wildman–Crippen LogP) is 5.59. The number of benzene rings is 1. The van der Waals surface area contributed by atoms with Crippen LogP contribution in [-0.2, 0) is 12.4 Å². The molecule has 0 aliphatic carbocycles. The van der Waals surface area contributed by atoms with Crippen LogP contribution in [0.2, 0.25) is 0 Å². The summed E-state index contributed by atoms with van der Waals surface area (Å²) < 4.78 is 76.6. The van der Waals surface area contributed by atoms with Gasteiger partial charge in [-0.3, -0.25) is 0 Å². The normalized spacial score (nSPS) is 13.5. The fraction of sp³-hybridized carbons (Fsp3) is 0.467. The molecule has 0 saturated carbocycles. The minimum atomic E-state index is -4.88. The Morgan fingerprint density at radius 3 is 1.96 bits per heavy atom. The van der Waals surface area contributed by atoms with Crippen molar-refractivity contribution < 1.29 is 31.4 Å². The van der Waals surface area contributed by atoms with Gasteiger partial charge in [0.1, 0.15) is 0 Å². The Morgan fingerprint density at radius 1 is 1.04 bits per heavy atom. The van der Waals surface area contributed by atoms with Gasteiger partial charge in [-0.15, -0.1) is 11.8 Å². The maximum atomic E-state index is 12.8. The molecule has 0 bridgehead atoms. The standard InChI is InChI=1S/C15H16F6OS/c1-2-3-4-23-13(9-22)7-10-5-11(14(16,17)18)8-12(6-10)15(19,20)21/h5-8,22H,2-4,9H2,1H3/b13-7-.